The second-order valence-corrected chi connectivity index (χ2v) is 12.7. The van der Waals surface area contributed by atoms with E-state index >= 15 is 0 Å². The number of hydrogen-bond donors (Lipinski definition) is 0. The lowest BCUT2D eigenvalue weighted by atomic mass is 9.99. The molecule has 0 aliphatic heterocycles. The first-order valence-corrected chi connectivity index (χ1v) is 16.5. The minimum absolute atomic E-state index is 0.704. The number of aromatic nitrogens is 3. The van der Waals surface area contributed by atoms with Crippen molar-refractivity contribution >= 4 is 43.1 Å². The van der Waals surface area contributed by atoms with Crippen LogP contribution in [0.3, 0.4) is 0 Å². The van der Waals surface area contributed by atoms with Gasteiger partial charge in [0.1, 0.15) is 5.01 Å². The van der Waals surface area contributed by atoms with Gasteiger partial charge in [0.25, 0.3) is 0 Å². The molecule has 0 unspecified atom stereocenters. The third kappa shape index (κ3) is 5.05. The van der Waals surface area contributed by atoms with Gasteiger partial charge in [-0.1, -0.05) is 140 Å². The summed E-state index contributed by atoms with van der Waals surface area (Å²) in [6, 6.07) is 57.3. The largest absolute Gasteiger partial charge is 0.236 e. The fourth-order valence-corrected chi connectivity index (χ4v) is 7.48. The Balaban J connectivity index is 1.20. The van der Waals surface area contributed by atoms with Gasteiger partial charge in [-0.2, -0.15) is 0 Å². The van der Waals surface area contributed by atoms with Gasteiger partial charge in [-0.05, 0) is 51.6 Å². The summed E-state index contributed by atoms with van der Waals surface area (Å²) in [6.45, 7) is 0. The summed E-state index contributed by atoms with van der Waals surface area (Å²) >= 11 is 1.76. The van der Waals surface area contributed by atoms with Gasteiger partial charge in [-0.25, -0.2) is 15.0 Å². The van der Waals surface area contributed by atoms with Gasteiger partial charge >= 0.3 is 0 Å². The highest BCUT2D eigenvalue weighted by atomic mass is 32.1. The quantitative estimate of drug-likeness (QED) is 0.180. The molecule has 9 aromatic rings. The number of benzene rings is 7. The van der Waals surface area contributed by atoms with Gasteiger partial charge in [0.2, 0.25) is 0 Å². The van der Waals surface area contributed by atoms with Crippen LogP contribution in [0, 0.1) is 0 Å². The predicted octanol–water partition coefficient (Wildman–Crippen LogP) is 11.7. The van der Waals surface area contributed by atoms with E-state index in [2.05, 4.69) is 146 Å². The van der Waals surface area contributed by atoms with Gasteiger partial charge in [-0.15, -0.1) is 11.3 Å². The van der Waals surface area contributed by atoms with Crippen molar-refractivity contribution in [2.24, 2.45) is 0 Å². The van der Waals surface area contributed by atoms with E-state index in [1.54, 1.807) is 11.3 Å². The molecule has 0 fully saturated rings. The fourth-order valence-electron chi connectivity index (χ4n) is 6.34. The standard InChI is InChI=1S/C43H27N3S/c1-4-11-28(12-5-1)32-17-10-18-34(25-32)39-27-38(29-13-6-2-7-14-29)44-42(45-39)35-21-23-36-33(26-35)20-19-30-22-24-37-41(40(30)36)47-43(46-37)31-15-8-3-9-16-31/h1-27H. The van der Waals surface area contributed by atoms with E-state index in [1.807, 2.05) is 18.2 Å². The molecule has 0 amide bonds. The van der Waals surface area contributed by atoms with E-state index in [9.17, 15) is 0 Å². The minimum atomic E-state index is 0.704. The predicted molar refractivity (Wildman–Crippen MR) is 197 cm³/mol. The lowest BCUT2D eigenvalue weighted by Gasteiger charge is -2.12. The van der Waals surface area contributed by atoms with Gasteiger partial charge in [-0.3, -0.25) is 0 Å². The van der Waals surface area contributed by atoms with Crippen molar-refractivity contribution in [3.8, 4) is 55.6 Å². The third-order valence-electron chi connectivity index (χ3n) is 8.69. The van der Waals surface area contributed by atoms with Crippen LogP contribution in [0.5, 0.6) is 0 Å². The molecule has 9 rings (SSSR count). The molecule has 0 bridgehead atoms. The number of rotatable bonds is 5. The molecule has 4 heteroatoms. The molecule has 2 heterocycles. The summed E-state index contributed by atoms with van der Waals surface area (Å²) in [5.41, 5.74) is 9.40. The van der Waals surface area contributed by atoms with Crippen molar-refractivity contribution < 1.29 is 0 Å². The first-order valence-electron chi connectivity index (χ1n) is 15.7. The van der Waals surface area contributed by atoms with Gasteiger partial charge in [0.05, 0.1) is 21.6 Å². The van der Waals surface area contributed by atoms with Crippen LogP contribution in [-0.2, 0) is 0 Å². The summed E-state index contributed by atoms with van der Waals surface area (Å²) in [5.74, 6) is 0.704. The zero-order chi connectivity index (χ0) is 31.2. The van der Waals surface area contributed by atoms with Gasteiger partial charge < -0.3 is 0 Å². The SMILES string of the molecule is c1ccc(-c2cccc(-c3cc(-c4ccccc4)nc(-c4ccc5c(ccc6ccc7nc(-c8ccccc8)sc7c65)c4)n3)c2)cc1. The molecule has 0 aliphatic rings. The molecular weight excluding hydrogens is 591 g/mol. The van der Waals surface area contributed by atoms with Crippen molar-refractivity contribution in [3.63, 3.8) is 0 Å². The smallest absolute Gasteiger partial charge is 0.160 e. The molecule has 220 valence electrons. The lowest BCUT2D eigenvalue weighted by Crippen LogP contribution is -1.96. The summed E-state index contributed by atoms with van der Waals surface area (Å²) in [5, 5.41) is 5.85. The van der Waals surface area contributed by atoms with Crippen molar-refractivity contribution in [1.29, 1.82) is 0 Å². The second kappa shape index (κ2) is 11.4. The van der Waals surface area contributed by atoms with Crippen LogP contribution in [0.2, 0.25) is 0 Å². The normalized spacial score (nSPS) is 11.4. The van der Waals surface area contributed by atoms with E-state index in [4.69, 9.17) is 15.0 Å². The Labute approximate surface area is 276 Å². The maximum atomic E-state index is 5.17. The van der Waals surface area contributed by atoms with Crippen LogP contribution in [-0.4, -0.2) is 15.0 Å². The van der Waals surface area contributed by atoms with Gasteiger partial charge in [0, 0.05) is 27.6 Å². The van der Waals surface area contributed by atoms with Crippen LogP contribution >= 0.6 is 11.3 Å². The zero-order valence-corrected chi connectivity index (χ0v) is 26.2. The Kier molecular flexibility index (Phi) is 6.65. The maximum absolute atomic E-state index is 5.17. The van der Waals surface area contributed by atoms with E-state index in [0.717, 1.165) is 55.1 Å². The van der Waals surface area contributed by atoms with Crippen LogP contribution < -0.4 is 0 Å². The molecule has 47 heavy (non-hydrogen) atoms. The molecular formula is C43H27N3S. The van der Waals surface area contributed by atoms with E-state index in [-0.39, 0.29) is 0 Å². The topological polar surface area (TPSA) is 38.7 Å². The highest BCUT2D eigenvalue weighted by molar-refractivity contribution is 7.22. The Morgan fingerprint density at radius 1 is 0.383 bits per heavy atom. The van der Waals surface area contributed by atoms with E-state index < -0.39 is 0 Å². The summed E-state index contributed by atoms with van der Waals surface area (Å²) in [7, 11) is 0. The van der Waals surface area contributed by atoms with Crippen molar-refractivity contribution in [2.45, 2.75) is 0 Å². The molecule has 3 nitrogen and oxygen atoms in total. The lowest BCUT2D eigenvalue weighted by molar-refractivity contribution is 1.18. The Hall–Kier alpha value is -5.97. The summed E-state index contributed by atoms with van der Waals surface area (Å²) in [4.78, 5) is 15.3. The first-order chi connectivity index (χ1) is 23.3. The van der Waals surface area contributed by atoms with Crippen molar-refractivity contribution in [1.82, 2.24) is 15.0 Å². The van der Waals surface area contributed by atoms with E-state index in [0.29, 0.717) is 5.82 Å². The highest BCUT2D eigenvalue weighted by Gasteiger charge is 2.15. The number of thiazole rings is 1. The van der Waals surface area contributed by atoms with Gasteiger partial charge in [0.15, 0.2) is 5.82 Å². The van der Waals surface area contributed by atoms with Crippen LogP contribution in [0.25, 0.3) is 87.4 Å². The Bertz CT molecular complexity index is 2560. The van der Waals surface area contributed by atoms with Crippen LogP contribution in [0.4, 0.5) is 0 Å². The molecule has 0 radical (unpaired) electrons. The Morgan fingerprint density at radius 2 is 1.00 bits per heavy atom. The molecule has 0 spiro atoms. The number of fused-ring (bicyclic) bond motifs is 5. The average molecular weight is 618 g/mol. The molecule has 0 aliphatic carbocycles. The maximum Gasteiger partial charge on any atom is 0.160 e. The Morgan fingerprint density at radius 3 is 1.77 bits per heavy atom. The van der Waals surface area contributed by atoms with Crippen molar-refractivity contribution in [2.75, 3.05) is 0 Å². The molecule has 0 atom stereocenters. The monoisotopic (exact) mass is 617 g/mol. The first kappa shape index (κ1) is 27.3. The zero-order valence-electron chi connectivity index (χ0n) is 25.3. The highest BCUT2D eigenvalue weighted by Crippen LogP contribution is 2.39. The van der Waals surface area contributed by atoms with E-state index in [1.165, 1.54) is 26.4 Å². The van der Waals surface area contributed by atoms with Crippen LogP contribution in [0.15, 0.2) is 164 Å². The molecule has 0 N–H and O–H groups in total. The van der Waals surface area contributed by atoms with Crippen molar-refractivity contribution in [3.05, 3.63) is 164 Å². The minimum Gasteiger partial charge on any atom is -0.236 e. The number of nitrogens with zero attached hydrogens (tertiary/aromatic N) is 3. The number of hydrogen-bond acceptors (Lipinski definition) is 4. The fraction of sp³-hybridized carbons (Fsp3) is 0. The molecule has 0 saturated carbocycles. The molecule has 7 aromatic carbocycles. The summed E-state index contributed by atoms with van der Waals surface area (Å²) < 4.78 is 1.21. The van der Waals surface area contributed by atoms with Crippen LogP contribution in [0.1, 0.15) is 0 Å². The molecule has 2 aromatic heterocycles. The molecule has 0 saturated heterocycles. The third-order valence-corrected chi connectivity index (χ3v) is 9.83. The average Bonchev–Trinajstić information content (AvgIpc) is 3.60. The summed E-state index contributed by atoms with van der Waals surface area (Å²) in [6.07, 6.45) is 0. The second-order valence-electron chi connectivity index (χ2n) is 11.7.